The van der Waals surface area contributed by atoms with Crippen molar-refractivity contribution in [3.63, 3.8) is 0 Å². The molecule has 1 saturated heterocycles. The van der Waals surface area contributed by atoms with Gasteiger partial charge in [0, 0.05) is 37.2 Å². The van der Waals surface area contributed by atoms with E-state index in [0.717, 1.165) is 25.0 Å². The second kappa shape index (κ2) is 5.42. The molecule has 1 aliphatic heterocycles. The van der Waals surface area contributed by atoms with Crippen LogP contribution in [0.2, 0.25) is 0 Å². The molecule has 1 spiro atoms. The number of nitrogens with zero attached hydrogens (tertiary/aromatic N) is 2. The number of carbonyl (C=O) groups excluding carboxylic acids is 1. The fourth-order valence-corrected chi connectivity index (χ4v) is 3.67. The first-order valence-corrected chi connectivity index (χ1v) is 7.67. The van der Waals surface area contributed by atoms with Crippen LogP contribution in [0.25, 0.3) is 0 Å². The van der Waals surface area contributed by atoms with Gasteiger partial charge in [-0.15, -0.1) is 0 Å². The Balaban J connectivity index is 1.65. The number of carbonyl (C=O) groups is 1. The Labute approximate surface area is 124 Å². The third-order valence-corrected chi connectivity index (χ3v) is 5.12. The largest absolute Gasteiger partial charge is 0.392 e. The molecule has 6 heteroatoms. The number of hydrogen-bond acceptors (Lipinski definition) is 4. The summed E-state index contributed by atoms with van der Waals surface area (Å²) in [7, 11) is 0. The minimum Gasteiger partial charge on any atom is -0.392 e. The van der Waals surface area contributed by atoms with Crippen molar-refractivity contribution in [2.75, 3.05) is 19.7 Å². The lowest BCUT2D eigenvalue weighted by Crippen LogP contribution is -2.62. The first kappa shape index (κ1) is 14.5. The highest BCUT2D eigenvalue weighted by molar-refractivity contribution is 5.93. The zero-order chi connectivity index (χ0) is 15.0. The van der Waals surface area contributed by atoms with Crippen molar-refractivity contribution in [3.8, 4) is 0 Å². The topological polar surface area (TPSA) is 78.5 Å². The first-order chi connectivity index (χ1) is 10.1. The molecule has 1 amide bonds. The Morgan fingerprint density at radius 2 is 2.29 bits per heavy atom. The quantitative estimate of drug-likeness (QED) is 0.875. The lowest BCUT2D eigenvalue weighted by atomic mass is 9.58. The molecule has 1 aromatic rings. The molecule has 3 rings (SSSR count). The zero-order valence-corrected chi connectivity index (χ0v) is 12.6. The molecular formula is C15H23N3O3. The number of imidazole rings is 1. The van der Waals surface area contributed by atoms with Crippen LogP contribution in [-0.4, -0.2) is 57.8 Å². The van der Waals surface area contributed by atoms with Gasteiger partial charge in [-0.05, 0) is 26.7 Å². The van der Waals surface area contributed by atoms with Crippen LogP contribution in [-0.2, 0) is 4.74 Å². The van der Waals surface area contributed by atoms with Crippen LogP contribution in [0, 0.1) is 12.3 Å². The minimum absolute atomic E-state index is 0.0228. The Kier molecular flexibility index (Phi) is 3.75. The van der Waals surface area contributed by atoms with Crippen molar-refractivity contribution in [1.29, 1.82) is 0 Å². The van der Waals surface area contributed by atoms with Gasteiger partial charge in [0.15, 0.2) is 0 Å². The van der Waals surface area contributed by atoms with Gasteiger partial charge in [-0.25, -0.2) is 4.98 Å². The number of H-pyrrole nitrogens is 1. The third-order valence-electron chi connectivity index (χ3n) is 5.12. The van der Waals surface area contributed by atoms with Crippen molar-refractivity contribution >= 4 is 5.91 Å². The minimum atomic E-state index is -0.293. The Hall–Kier alpha value is -1.40. The Morgan fingerprint density at radius 3 is 2.81 bits per heavy atom. The monoisotopic (exact) mass is 293 g/mol. The van der Waals surface area contributed by atoms with Crippen molar-refractivity contribution in [2.45, 2.75) is 45.3 Å². The highest BCUT2D eigenvalue weighted by Gasteiger charge is 2.56. The molecule has 0 aromatic carbocycles. The molecule has 0 radical (unpaired) electrons. The summed E-state index contributed by atoms with van der Waals surface area (Å²) in [5.41, 5.74) is 1.16. The first-order valence-electron chi connectivity index (χ1n) is 7.67. The molecule has 1 aliphatic carbocycles. The molecule has 2 heterocycles. The van der Waals surface area contributed by atoms with Crippen LogP contribution in [0.15, 0.2) is 6.33 Å². The number of aryl methyl sites for hydroxylation is 1. The normalized spacial score (nSPS) is 27.7. The zero-order valence-electron chi connectivity index (χ0n) is 12.6. The van der Waals surface area contributed by atoms with E-state index in [0.29, 0.717) is 25.4 Å². The number of likely N-dealkylation sites (tertiary alicyclic amines) is 1. The van der Waals surface area contributed by atoms with Crippen LogP contribution in [0.4, 0.5) is 0 Å². The van der Waals surface area contributed by atoms with Crippen molar-refractivity contribution in [3.05, 3.63) is 17.7 Å². The van der Waals surface area contributed by atoms with Crippen LogP contribution >= 0.6 is 0 Å². The number of nitrogens with one attached hydrogen (secondary N) is 1. The van der Waals surface area contributed by atoms with Gasteiger partial charge < -0.3 is 19.7 Å². The average molecular weight is 293 g/mol. The van der Waals surface area contributed by atoms with Gasteiger partial charge in [0.25, 0.3) is 5.91 Å². The molecule has 6 nitrogen and oxygen atoms in total. The maximum atomic E-state index is 12.4. The van der Waals surface area contributed by atoms with Gasteiger partial charge in [-0.3, -0.25) is 4.79 Å². The predicted molar refractivity (Wildman–Crippen MR) is 76.9 cm³/mol. The van der Waals surface area contributed by atoms with Gasteiger partial charge in [-0.2, -0.15) is 0 Å². The standard InChI is InChI=1S/C15H23N3O3/c1-3-21-12-8-11(19)15(12)4-6-18(7-5-15)14(20)13-10(2)16-9-17-13/h9,11-12,19H,3-8H2,1-2H3,(H,16,17)/t11-,12+/m0/s1. The molecule has 2 aliphatic rings. The van der Waals surface area contributed by atoms with Crippen LogP contribution in [0.3, 0.4) is 0 Å². The number of rotatable bonds is 3. The molecule has 0 unspecified atom stereocenters. The number of ether oxygens (including phenoxy) is 1. The van der Waals surface area contributed by atoms with Gasteiger partial charge >= 0.3 is 0 Å². The fourth-order valence-electron chi connectivity index (χ4n) is 3.67. The van der Waals surface area contributed by atoms with Gasteiger partial charge in [0.2, 0.25) is 0 Å². The van der Waals surface area contributed by atoms with E-state index in [1.54, 1.807) is 6.33 Å². The second-order valence-corrected chi connectivity index (χ2v) is 6.10. The van der Waals surface area contributed by atoms with Gasteiger partial charge in [0.1, 0.15) is 5.69 Å². The number of aromatic amines is 1. The van der Waals surface area contributed by atoms with Crippen LogP contribution in [0.5, 0.6) is 0 Å². The molecule has 2 fully saturated rings. The molecule has 2 atom stereocenters. The van der Waals surface area contributed by atoms with E-state index in [-0.39, 0.29) is 23.5 Å². The van der Waals surface area contributed by atoms with E-state index in [2.05, 4.69) is 9.97 Å². The summed E-state index contributed by atoms with van der Waals surface area (Å²) in [6.45, 7) is 5.83. The predicted octanol–water partition coefficient (Wildman–Crippen LogP) is 1.11. The maximum Gasteiger partial charge on any atom is 0.274 e. The number of aromatic nitrogens is 2. The summed E-state index contributed by atoms with van der Waals surface area (Å²) in [5.74, 6) is -0.0228. The summed E-state index contributed by atoms with van der Waals surface area (Å²) in [6.07, 6.45) is 3.72. The lowest BCUT2D eigenvalue weighted by molar-refractivity contribution is -0.207. The van der Waals surface area contributed by atoms with Crippen molar-refractivity contribution in [1.82, 2.24) is 14.9 Å². The molecular weight excluding hydrogens is 270 g/mol. The summed E-state index contributed by atoms with van der Waals surface area (Å²) < 4.78 is 5.75. The fraction of sp³-hybridized carbons (Fsp3) is 0.733. The smallest absolute Gasteiger partial charge is 0.274 e. The number of amides is 1. The lowest BCUT2D eigenvalue weighted by Gasteiger charge is -2.56. The Bertz CT molecular complexity index is 518. The molecule has 116 valence electrons. The van der Waals surface area contributed by atoms with Crippen molar-refractivity contribution < 1.29 is 14.6 Å². The Morgan fingerprint density at radius 1 is 1.57 bits per heavy atom. The van der Waals surface area contributed by atoms with Crippen LogP contribution in [0.1, 0.15) is 42.4 Å². The molecule has 1 saturated carbocycles. The summed E-state index contributed by atoms with van der Waals surface area (Å²) in [5, 5.41) is 10.2. The SMILES string of the molecule is CCO[C@@H]1C[C@H](O)C12CCN(C(=O)c1nc[nH]c1C)CC2. The number of piperidine rings is 1. The number of hydrogen-bond donors (Lipinski definition) is 2. The average Bonchev–Trinajstić information content (AvgIpc) is 2.92. The number of aliphatic hydroxyl groups is 1. The summed E-state index contributed by atoms with van der Waals surface area (Å²) in [6, 6.07) is 0. The molecule has 1 aromatic heterocycles. The second-order valence-electron chi connectivity index (χ2n) is 6.10. The molecule has 0 bridgehead atoms. The molecule has 21 heavy (non-hydrogen) atoms. The van der Waals surface area contributed by atoms with E-state index in [1.165, 1.54) is 0 Å². The van der Waals surface area contributed by atoms with E-state index in [1.807, 2.05) is 18.7 Å². The third kappa shape index (κ3) is 2.26. The van der Waals surface area contributed by atoms with Crippen molar-refractivity contribution in [2.24, 2.45) is 5.41 Å². The highest BCUT2D eigenvalue weighted by atomic mass is 16.5. The van der Waals surface area contributed by atoms with E-state index in [9.17, 15) is 9.90 Å². The summed E-state index contributed by atoms with van der Waals surface area (Å²) in [4.78, 5) is 21.3. The van der Waals surface area contributed by atoms with Gasteiger partial charge in [-0.1, -0.05) is 0 Å². The van der Waals surface area contributed by atoms with Crippen LogP contribution < -0.4 is 0 Å². The van der Waals surface area contributed by atoms with E-state index < -0.39 is 0 Å². The number of aliphatic hydroxyl groups excluding tert-OH is 1. The highest BCUT2D eigenvalue weighted by Crippen LogP contribution is 2.51. The van der Waals surface area contributed by atoms with E-state index >= 15 is 0 Å². The van der Waals surface area contributed by atoms with E-state index in [4.69, 9.17) is 4.74 Å². The van der Waals surface area contributed by atoms with Gasteiger partial charge in [0.05, 0.1) is 18.5 Å². The maximum absolute atomic E-state index is 12.4. The summed E-state index contributed by atoms with van der Waals surface area (Å²) >= 11 is 0. The molecule has 2 N–H and O–H groups in total.